The van der Waals surface area contributed by atoms with E-state index in [1.54, 1.807) is 11.3 Å². The molecule has 7 nitrogen and oxygen atoms in total. The largest absolute Gasteiger partial charge is 0.356 e. The van der Waals surface area contributed by atoms with Gasteiger partial charge in [0.1, 0.15) is 6.04 Å². The summed E-state index contributed by atoms with van der Waals surface area (Å²) in [7, 11) is 0. The van der Waals surface area contributed by atoms with Crippen molar-refractivity contribution < 1.29 is 14.4 Å². The van der Waals surface area contributed by atoms with Gasteiger partial charge in [0.15, 0.2) is 0 Å². The molecule has 1 saturated heterocycles. The Hall–Kier alpha value is -1.96. The van der Waals surface area contributed by atoms with Crippen LogP contribution in [0.2, 0.25) is 0 Å². The quantitative estimate of drug-likeness (QED) is 0.504. The molecular weight excluding hydrogens is 292 g/mol. The number of rotatable bonds is 7. The van der Waals surface area contributed by atoms with E-state index in [2.05, 4.69) is 20.9 Å². The standard InChI is InChI=1S/C13H18N4O3S/c1-8-7-21-11(15-8)3-2-6-14-10(18)5-4-9-12(19)17-13(20)16-9/h7,9H,2-6H2,1H3,(H,14,18)(H2,16,17,19,20)/t9-/m0/s1. The third-order valence-electron chi connectivity index (χ3n) is 3.07. The summed E-state index contributed by atoms with van der Waals surface area (Å²) in [6.45, 7) is 2.54. The maximum Gasteiger partial charge on any atom is 0.322 e. The molecule has 2 heterocycles. The number of aromatic nitrogens is 1. The van der Waals surface area contributed by atoms with E-state index in [9.17, 15) is 14.4 Å². The lowest BCUT2D eigenvalue weighted by Crippen LogP contribution is -2.32. The second-order valence-corrected chi connectivity index (χ2v) is 5.83. The smallest absolute Gasteiger partial charge is 0.322 e. The molecule has 0 saturated carbocycles. The summed E-state index contributed by atoms with van der Waals surface area (Å²) in [5.41, 5.74) is 1.02. The highest BCUT2D eigenvalue weighted by atomic mass is 32.1. The van der Waals surface area contributed by atoms with E-state index < -0.39 is 12.1 Å². The molecule has 2 rings (SSSR count). The van der Waals surface area contributed by atoms with E-state index in [1.807, 2.05) is 12.3 Å². The fourth-order valence-electron chi connectivity index (χ4n) is 2.01. The Kier molecular flexibility index (Phi) is 5.26. The lowest BCUT2D eigenvalue weighted by Gasteiger charge is -2.07. The first-order chi connectivity index (χ1) is 10.0. The minimum absolute atomic E-state index is 0.112. The van der Waals surface area contributed by atoms with E-state index >= 15 is 0 Å². The highest BCUT2D eigenvalue weighted by Gasteiger charge is 2.29. The maximum atomic E-state index is 11.6. The van der Waals surface area contributed by atoms with Gasteiger partial charge in [0.05, 0.1) is 5.01 Å². The maximum absolute atomic E-state index is 11.6. The van der Waals surface area contributed by atoms with Crippen LogP contribution in [0.25, 0.3) is 0 Å². The van der Waals surface area contributed by atoms with Crippen LogP contribution in [-0.4, -0.2) is 35.4 Å². The summed E-state index contributed by atoms with van der Waals surface area (Å²) in [5, 5.41) is 10.5. The van der Waals surface area contributed by atoms with Crippen LogP contribution in [0.15, 0.2) is 5.38 Å². The van der Waals surface area contributed by atoms with Crippen LogP contribution in [0.1, 0.15) is 30.0 Å². The molecule has 1 atom stereocenters. The lowest BCUT2D eigenvalue weighted by atomic mass is 10.1. The van der Waals surface area contributed by atoms with Crippen LogP contribution in [0, 0.1) is 6.92 Å². The van der Waals surface area contributed by atoms with Crippen molar-refractivity contribution in [3.63, 3.8) is 0 Å². The first-order valence-corrected chi connectivity index (χ1v) is 7.71. The highest BCUT2D eigenvalue weighted by molar-refractivity contribution is 7.09. The van der Waals surface area contributed by atoms with Crippen molar-refractivity contribution in [3.8, 4) is 0 Å². The van der Waals surface area contributed by atoms with Crippen molar-refractivity contribution in [2.45, 2.75) is 38.6 Å². The predicted molar refractivity (Wildman–Crippen MR) is 77.9 cm³/mol. The molecule has 0 aromatic carbocycles. The van der Waals surface area contributed by atoms with Crippen molar-refractivity contribution >= 4 is 29.2 Å². The van der Waals surface area contributed by atoms with Gasteiger partial charge < -0.3 is 10.6 Å². The number of nitrogens with zero attached hydrogens (tertiary/aromatic N) is 1. The number of hydrogen-bond donors (Lipinski definition) is 3. The number of aryl methyl sites for hydroxylation is 2. The van der Waals surface area contributed by atoms with Gasteiger partial charge in [0.25, 0.3) is 5.91 Å². The van der Waals surface area contributed by atoms with Gasteiger partial charge in [-0.05, 0) is 19.8 Å². The van der Waals surface area contributed by atoms with Crippen molar-refractivity contribution in [1.29, 1.82) is 0 Å². The van der Waals surface area contributed by atoms with Gasteiger partial charge in [0.2, 0.25) is 5.91 Å². The third kappa shape index (κ3) is 4.82. The Bertz CT molecular complexity index is 543. The van der Waals surface area contributed by atoms with Crippen LogP contribution in [-0.2, 0) is 16.0 Å². The van der Waals surface area contributed by atoms with Gasteiger partial charge in [-0.2, -0.15) is 0 Å². The van der Waals surface area contributed by atoms with Crippen molar-refractivity contribution in [2.75, 3.05) is 6.54 Å². The number of carbonyl (C=O) groups is 3. The van der Waals surface area contributed by atoms with E-state index in [0.29, 0.717) is 13.0 Å². The molecule has 1 aliphatic heterocycles. The first kappa shape index (κ1) is 15.4. The molecule has 1 aromatic rings. The summed E-state index contributed by atoms with van der Waals surface area (Å²) < 4.78 is 0. The number of hydrogen-bond acceptors (Lipinski definition) is 5. The Labute approximate surface area is 126 Å². The van der Waals surface area contributed by atoms with Gasteiger partial charge in [-0.25, -0.2) is 9.78 Å². The second kappa shape index (κ2) is 7.16. The molecular formula is C13H18N4O3S. The SMILES string of the molecule is Cc1csc(CCCNC(=O)CC[C@@H]2NC(=O)NC2=O)n1. The molecule has 0 aliphatic carbocycles. The Morgan fingerprint density at radius 1 is 1.48 bits per heavy atom. The fraction of sp³-hybridized carbons (Fsp3) is 0.538. The molecule has 0 unspecified atom stereocenters. The summed E-state index contributed by atoms with van der Waals surface area (Å²) in [5.74, 6) is -0.480. The lowest BCUT2D eigenvalue weighted by molar-refractivity contribution is -0.122. The first-order valence-electron chi connectivity index (χ1n) is 6.83. The number of carbonyl (C=O) groups excluding carboxylic acids is 3. The van der Waals surface area contributed by atoms with Gasteiger partial charge in [-0.3, -0.25) is 14.9 Å². The zero-order valence-electron chi connectivity index (χ0n) is 11.8. The molecule has 1 aliphatic rings. The number of thiazole rings is 1. The van der Waals surface area contributed by atoms with Crippen LogP contribution < -0.4 is 16.0 Å². The minimum Gasteiger partial charge on any atom is -0.356 e. The molecule has 0 spiro atoms. The van der Waals surface area contributed by atoms with Crippen molar-refractivity contribution in [2.24, 2.45) is 0 Å². The second-order valence-electron chi connectivity index (χ2n) is 4.89. The molecule has 8 heteroatoms. The molecule has 1 fully saturated rings. The third-order valence-corrected chi connectivity index (χ3v) is 4.10. The monoisotopic (exact) mass is 310 g/mol. The number of amides is 4. The summed E-state index contributed by atoms with van der Waals surface area (Å²) in [6, 6.07) is -1.09. The Balaban J connectivity index is 1.57. The summed E-state index contributed by atoms with van der Waals surface area (Å²) in [6.07, 6.45) is 2.21. The van der Waals surface area contributed by atoms with Gasteiger partial charge in [-0.15, -0.1) is 11.3 Å². The van der Waals surface area contributed by atoms with Gasteiger partial charge in [0, 0.05) is 30.5 Å². The van der Waals surface area contributed by atoms with E-state index in [0.717, 1.165) is 23.5 Å². The number of urea groups is 1. The van der Waals surface area contributed by atoms with Crippen LogP contribution in [0.4, 0.5) is 4.79 Å². The molecule has 114 valence electrons. The number of imide groups is 1. The topological polar surface area (TPSA) is 100 Å². The number of nitrogens with one attached hydrogen (secondary N) is 3. The van der Waals surface area contributed by atoms with Crippen LogP contribution in [0.5, 0.6) is 0 Å². The van der Waals surface area contributed by atoms with E-state index in [1.165, 1.54) is 0 Å². The average Bonchev–Trinajstić information content (AvgIpc) is 2.98. The van der Waals surface area contributed by atoms with Crippen molar-refractivity contribution in [1.82, 2.24) is 20.9 Å². The van der Waals surface area contributed by atoms with Gasteiger partial charge >= 0.3 is 6.03 Å². The Morgan fingerprint density at radius 3 is 2.90 bits per heavy atom. The Morgan fingerprint density at radius 2 is 2.29 bits per heavy atom. The molecule has 0 bridgehead atoms. The van der Waals surface area contributed by atoms with E-state index in [4.69, 9.17) is 0 Å². The molecule has 1 aromatic heterocycles. The fourth-order valence-corrected chi connectivity index (χ4v) is 2.83. The van der Waals surface area contributed by atoms with Gasteiger partial charge in [-0.1, -0.05) is 0 Å². The predicted octanol–water partition coefficient (Wildman–Crippen LogP) is 0.489. The highest BCUT2D eigenvalue weighted by Crippen LogP contribution is 2.10. The zero-order chi connectivity index (χ0) is 15.2. The normalized spacial score (nSPS) is 17.5. The van der Waals surface area contributed by atoms with E-state index in [-0.39, 0.29) is 18.2 Å². The van der Waals surface area contributed by atoms with Crippen LogP contribution >= 0.6 is 11.3 Å². The summed E-state index contributed by atoms with van der Waals surface area (Å²) in [4.78, 5) is 38.2. The molecule has 21 heavy (non-hydrogen) atoms. The average molecular weight is 310 g/mol. The van der Waals surface area contributed by atoms with Crippen molar-refractivity contribution in [3.05, 3.63) is 16.1 Å². The van der Waals surface area contributed by atoms with Crippen LogP contribution in [0.3, 0.4) is 0 Å². The summed E-state index contributed by atoms with van der Waals surface area (Å²) >= 11 is 1.63. The minimum atomic E-state index is -0.596. The molecule has 0 radical (unpaired) electrons. The molecule has 3 N–H and O–H groups in total. The molecule has 4 amide bonds. The zero-order valence-corrected chi connectivity index (χ0v) is 12.6.